The Morgan fingerprint density at radius 2 is 2.00 bits per heavy atom. The van der Waals surface area contributed by atoms with Gasteiger partial charge >= 0.3 is 0 Å². The molecule has 2 aliphatic rings. The van der Waals surface area contributed by atoms with Crippen molar-refractivity contribution in [3.05, 3.63) is 34.9 Å². The standard InChI is InChI=1S/C15H18O2S/c16-15(7-11-3-5-18-6-4-11)12-1-2-13-9-17-10-14(13)8-12/h1-2,8,11H,3-7,9-10H2. The second-order valence-electron chi connectivity index (χ2n) is 5.16. The lowest BCUT2D eigenvalue weighted by molar-refractivity contribution is 0.0958. The van der Waals surface area contributed by atoms with Gasteiger partial charge in [0.25, 0.3) is 0 Å². The molecule has 0 N–H and O–H groups in total. The van der Waals surface area contributed by atoms with Gasteiger partial charge in [-0.3, -0.25) is 4.79 Å². The highest BCUT2D eigenvalue weighted by Crippen LogP contribution is 2.27. The number of rotatable bonds is 3. The topological polar surface area (TPSA) is 26.3 Å². The van der Waals surface area contributed by atoms with E-state index in [4.69, 9.17) is 4.74 Å². The van der Waals surface area contributed by atoms with Gasteiger partial charge in [0, 0.05) is 12.0 Å². The molecule has 0 bridgehead atoms. The van der Waals surface area contributed by atoms with Crippen LogP contribution in [0.4, 0.5) is 0 Å². The molecule has 2 nitrogen and oxygen atoms in total. The van der Waals surface area contributed by atoms with Crippen molar-refractivity contribution < 1.29 is 9.53 Å². The maximum absolute atomic E-state index is 12.3. The minimum Gasteiger partial charge on any atom is -0.372 e. The lowest BCUT2D eigenvalue weighted by Gasteiger charge is -2.20. The van der Waals surface area contributed by atoms with Gasteiger partial charge in [0.1, 0.15) is 0 Å². The van der Waals surface area contributed by atoms with Gasteiger partial charge in [0.15, 0.2) is 5.78 Å². The van der Waals surface area contributed by atoms with Gasteiger partial charge < -0.3 is 4.74 Å². The Labute approximate surface area is 112 Å². The Morgan fingerprint density at radius 3 is 2.83 bits per heavy atom. The summed E-state index contributed by atoms with van der Waals surface area (Å²) >= 11 is 2.01. The van der Waals surface area contributed by atoms with Gasteiger partial charge in [-0.1, -0.05) is 12.1 Å². The van der Waals surface area contributed by atoms with E-state index in [2.05, 4.69) is 0 Å². The molecular formula is C15H18O2S. The van der Waals surface area contributed by atoms with Gasteiger partial charge in [-0.15, -0.1) is 0 Å². The molecule has 1 saturated heterocycles. The molecule has 3 rings (SSSR count). The Morgan fingerprint density at radius 1 is 1.22 bits per heavy atom. The predicted molar refractivity (Wildman–Crippen MR) is 73.9 cm³/mol. The van der Waals surface area contributed by atoms with Crippen LogP contribution in [-0.2, 0) is 18.0 Å². The number of benzene rings is 1. The molecule has 1 aromatic carbocycles. The molecule has 0 aromatic heterocycles. The summed E-state index contributed by atoms with van der Waals surface area (Å²) in [7, 11) is 0. The number of hydrogen-bond acceptors (Lipinski definition) is 3. The van der Waals surface area contributed by atoms with E-state index in [9.17, 15) is 4.79 Å². The monoisotopic (exact) mass is 262 g/mol. The number of carbonyl (C=O) groups excluding carboxylic acids is 1. The summed E-state index contributed by atoms with van der Waals surface area (Å²) in [5.74, 6) is 3.34. The molecule has 0 atom stereocenters. The van der Waals surface area contributed by atoms with Crippen LogP contribution < -0.4 is 0 Å². The van der Waals surface area contributed by atoms with Gasteiger partial charge in [-0.2, -0.15) is 11.8 Å². The zero-order valence-corrected chi connectivity index (χ0v) is 11.3. The van der Waals surface area contributed by atoms with E-state index < -0.39 is 0 Å². The predicted octanol–water partition coefficient (Wildman–Crippen LogP) is 3.43. The summed E-state index contributed by atoms with van der Waals surface area (Å²) in [4.78, 5) is 12.3. The molecule has 0 spiro atoms. The van der Waals surface area contributed by atoms with Crippen molar-refractivity contribution in [2.45, 2.75) is 32.5 Å². The Balaban J connectivity index is 1.68. The third kappa shape index (κ3) is 2.62. The summed E-state index contributed by atoms with van der Waals surface area (Å²) in [6, 6.07) is 6.04. The van der Waals surface area contributed by atoms with Crippen LogP contribution in [0.2, 0.25) is 0 Å². The van der Waals surface area contributed by atoms with Crippen LogP contribution in [0, 0.1) is 5.92 Å². The summed E-state index contributed by atoms with van der Waals surface area (Å²) in [6.07, 6.45) is 3.12. The van der Waals surface area contributed by atoms with Crippen molar-refractivity contribution >= 4 is 17.5 Å². The van der Waals surface area contributed by atoms with E-state index in [1.807, 2.05) is 30.0 Å². The average molecular weight is 262 g/mol. The molecule has 0 saturated carbocycles. The molecule has 1 aromatic rings. The van der Waals surface area contributed by atoms with Gasteiger partial charge in [0.05, 0.1) is 13.2 Å². The molecule has 18 heavy (non-hydrogen) atoms. The molecule has 96 valence electrons. The third-order valence-electron chi connectivity index (χ3n) is 3.86. The quantitative estimate of drug-likeness (QED) is 0.781. The summed E-state index contributed by atoms with van der Waals surface area (Å²) < 4.78 is 5.39. The number of ketones is 1. The number of ether oxygens (including phenoxy) is 1. The highest BCUT2D eigenvalue weighted by Gasteiger charge is 2.19. The van der Waals surface area contributed by atoms with E-state index in [1.165, 1.54) is 35.5 Å². The first-order chi connectivity index (χ1) is 8.83. The molecule has 0 aliphatic carbocycles. The summed E-state index contributed by atoms with van der Waals surface area (Å²) in [5.41, 5.74) is 3.30. The molecule has 0 unspecified atom stereocenters. The minimum atomic E-state index is 0.307. The number of carbonyl (C=O) groups is 1. The highest BCUT2D eigenvalue weighted by atomic mass is 32.2. The first-order valence-electron chi connectivity index (χ1n) is 6.63. The zero-order chi connectivity index (χ0) is 12.4. The molecular weight excluding hydrogens is 244 g/mol. The Bertz CT molecular complexity index is 450. The van der Waals surface area contributed by atoms with Crippen molar-refractivity contribution in [2.75, 3.05) is 11.5 Å². The van der Waals surface area contributed by atoms with Crippen LogP contribution in [0.3, 0.4) is 0 Å². The van der Waals surface area contributed by atoms with Crippen LogP contribution in [0.5, 0.6) is 0 Å². The van der Waals surface area contributed by atoms with Crippen molar-refractivity contribution in [1.29, 1.82) is 0 Å². The van der Waals surface area contributed by atoms with Gasteiger partial charge in [0.2, 0.25) is 0 Å². The van der Waals surface area contributed by atoms with Crippen molar-refractivity contribution in [2.24, 2.45) is 5.92 Å². The van der Waals surface area contributed by atoms with Crippen LogP contribution in [0.25, 0.3) is 0 Å². The molecule has 1 fully saturated rings. The maximum Gasteiger partial charge on any atom is 0.163 e. The molecule has 3 heteroatoms. The second-order valence-corrected chi connectivity index (χ2v) is 6.38. The first kappa shape index (κ1) is 12.2. The Hall–Kier alpha value is -0.800. The van der Waals surface area contributed by atoms with Crippen molar-refractivity contribution in [3.8, 4) is 0 Å². The molecule has 0 radical (unpaired) electrons. The lowest BCUT2D eigenvalue weighted by Crippen LogP contribution is -2.14. The molecule has 0 amide bonds. The Kier molecular flexibility index (Phi) is 3.71. The van der Waals surface area contributed by atoms with E-state index >= 15 is 0 Å². The minimum absolute atomic E-state index is 0.307. The van der Waals surface area contributed by atoms with E-state index in [-0.39, 0.29) is 0 Å². The smallest absolute Gasteiger partial charge is 0.163 e. The van der Waals surface area contributed by atoms with Crippen LogP contribution in [0.15, 0.2) is 18.2 Å². The SMILES string of the molecule is O=C(CC1CCSCC1)c1ccc2c(c1)COC2. The van der Waals surface area contributed by atoms with E-state index in [0.717, 1.165) is 12.0 Å². The summed E-state index contributed by atoms with van der Waals surface area (Å²) in [5, 5.41) is 0. The number of thioether (sulfide) groups is 1. The average Bonchev–Trinajstić information content (AvgIpc) is 2.87. The fraction of sp³-hybridized carbons (Fsp3) is 0.533. The van der Waals surface area contributed by atoms with Crippen LogP contribution >= 0.6 is 11.8 Å². The highest BCUT2D eigenvalue weighted by molar-refractivity contribution is 7.99. The fourth-order valence-corrected chi connectivity index (χ4v) is 3.88. The van der Waals surface area contributed by atoms with E-state index in [0.29, 0.717) is 24.9 Å². The van der Waals surface area contributed by atoms with E-state index in [1.54, 1.807) is 0 Å². The number of hydrogen-bond donors (Lipinski definition) is 0. The van der Waals surface area contributed by atoms with Crippen LogP contribution in [0.1, 0.15) is 40.7 Å². The van der Waals surface area contributed by atoms with Gasteiger partial charge in [-0.25, -0.2) is 0 Å². The first-order valence-corrected chi connectivity index (χ1v) is 7.79. The molecule has 2 aliphatic heterocycles. The van der Waals surface area contributed by atoms with Gasteiger partial charge in [-0.05, 0) is 47.5 Å². The van der Waals surface area contributed by atoms with Crippen LogP contribution in [-0.4, -0.2) is 17.3 Å². The zero-order valence-electron chi connectivity index (χ0n) is 10.5. The van der Waals surface area contributed by atoms with Crippen molar-refractivity contribution in [1.82, 2.24) is 0 Å². The third-order valence-corrected chi connectivity index (χ3v) is 4.91. The number of Topliss-reactive ketones (excluding diaryl/α,β-unsaturated/α-hetero) is 1. The fourth-order valence-electron chi connectivity index (χ4n) is 2.68. The van der Waals surface area contributed by atoms with Crippen molar-refractivity contribution in [3.63, 3.8) is 0 Å². The number of fused-ring (bicyclic) bond motifs is 1. The normalized spacial score (nSPS) is 19.8. The molecule has 2 heterocycles. The maximum atomic E-state index is 12.3. The second kappa shape index (κ2) is 5.45. The largest absolute Gasteiger partial charge is 0.372 e. The summed E-state index contributed by atoms with van der Waals surface area (Å²) in [6.45, 7) is 1.36. The lowest BCUT2D eigenvalue weighted by atomic mass is 9.92.